The summed E-state index contributed by atoms with van der Waals surface area (Å²) in [7, 11) is 5.79. The maximum Gasteiger partial charge on any atom is 0.330 e. The van der Waals surface area contributed by atoms with Gasteiger partial charge in [0.05, 0.1) is 21.1 Å². The highest BCUT2D eigenvalue weighted by Gasteiger charge is 2.21. The van der Waals surface area contributed by atoms with Crippen LogP contribution in [-0.4, -0.2) is 50.2 Å². The van der Waals surface area contributed by atoms with Crippen molar-refractivity contribution in [2.75, 3.05) is 27.7 Å². The van der Waals surface area contributed by atoms with Gasteiger partial charge in [-0.2, -0.15) is 0 Å². The predicted octanol–water partition coefficient (Wildman–Crippen LogP) is 4.00. The fraction of sp³-hybridized carbons (Fsp3) is 0.826. The van der Waals surface area contributed by atoms with Gasteiger partial charge in [0.25, 0.3) is 0 Å². The quantitative estimate of drug-likeness (QED) is 0.152. The molecule has 0 bridgehead atoms. The Morgan fingerprint density at radius 2 is 1.39 bits per heavy atom. The van der Waals surface area contributed by atoms with E-state index in [0.29, 0.717) is 11.0 Å². The maximum absolute atomic E-state index is 11.9. The van der Waals surface area contributed by atoms with Crippen molar-refractivity contribution >= 4 is 11.9 Å². The van der Waals surface area contributed by atoms with Gasteiger partial charge in [0.2, 0.25) is 0 Å². The van der Waals surface area contributed by atoms with Crippen LogP contribution < -0.4 is 5.11 Å². The number of aliphatic carboxylic acids is 1. The first-order valence-electron chi connectivity index (χ1n) is 11.1. The first kappa shape index (κ1) is 26.6. The number of unbranched alkanes of at least 4 members (excludes halogenated alkanes) is 11. The molecule has 0 amide bonds. The number of quaternary nitrogens is 1. The number of esters is 1. The van der Waals surface area contributed by atoms with Crippen molar-refractivity contribution in [3.05, 3.63) is 12.2 Å². The Hall–Kier alpha value is -1.36. The number of allylic oxidation sites excluding steroid dienone is 1. The molecule has 0 heterocycles. The van der Waals surface area contributed by atoms with Crippen LogP contribution >= 0.6 is 0 Å². The fourth-order valence-electron chi connectivity index (χ4n) is 3.25. The molecule has 1 atom stereocenters. The van der Waals surface area contributed by atoms with Gasteiger partial charge >= 0.3 is 5.97 Å². The van der Waals surface area contributed by atoms with Gasteiger partial charge in [-0.3, -0.25) is 0 Å². The topological polar surface area (TPSA) is 66.4 Å². The molecule has 1 unspecified atom stereocenters. The van der Waals surface area contributed by atoms with Crippen molar-refractivity contribution in [2.24, 2.45) is 0 Å². The highest BCUT2D eigenvalue weighted by atomic mass is 16.5. The standard InChI is InChI=1S/C23H43NO4/c1-5-6-7-8-9-10-11-12-13-14-15-16-17-18-23(27)28-21(19-22(25)26)20-24(2,3)4/h17-18,21H,5-16,19-20H2,1-4H3. The molecule has 0 fully saturated rings. The monoisotopic (exact) mass is 397 g/mol. The molecule has 0 aromatic rings. The van der Waals surface area contributed by atoms with Crippen LogP contribution in [0.3, 0.4) is 0 Å². The molecule has 164 valence electrons. The number of carbonyl (C=O) groups excluding carboxylic acids is 2. The van der Waals surface area contributed by atoms with E-state index in [9.17, 15) is 14.7 Å². The van der Waals surface area contributed by atoms with Gasteiger partial charge in [-0.25, -0.2) is 4.79 Å². The van der Waals surface area contributed by atoms with Crippen LogP contribution in [-0.2, 0) is 14.3 Å². The number of carboxylic acid groups (broad SMARTS) is 1. The Kier molecular flexibility index (Phi) is 15.8. The van der Waals surface area contributed by atoms with Crippen LogP contribution in [0.2, 0.25) is 0 Å². The molecule has 0 radical (unpaired) electrons. The van der Waals surface area contributed by atoms with Gasteiger partial charge in [0, 0.05) is 18.5 Å². The third-order valence-electron chi connectivity index (χ3n) is 4.66. The van der Waals surface area contributed by atoms with Crippen LogP contribution in [0.5, 0.6) is 0 Å². The van der Waals surface area contributed by atoms with E-state index in [1.807, 2.05) is 27.2 Å². The zero-order valence-electron chi connectivity index (χ0n) is 18.7. The molecule has 0 aromatic heterocycles. The molecule has 5 nitrogen and oxygen atoms in total. The third-order valence-corrected chi connectivity index (χ3v) is 4.66. The number of carboxylic acids is 1. The number of hydrogen-bond acceptors (Lipinski definition) is 4. The first-order chi connectivity index (χ1) is 13.2. The van der Waals surface area contributed by atoms with Crippen molar-refractivity contribution in [1.82, 2.24) is 0 Å². The van der Waals surface area contributed by atoms with Gasteiger partial charge in [-0.15, -0.1) is 0 Å². The van der Waals surface area contributed by atoms with E-state index in [0.717, 1.165) is 12.8 Å². The molecule has 0 aliphatic rings. The summed E-state index contributed by atoms with van der Waals surface area (Å²) >= 11 is 0. The van der Waals surface area contributed by atoms with E-state index in [2.05, 4.69) is 6.92 Å². The maximum atomic E-state index is 11.9. The van der Waals surface area contributed by atoms with E-state index in [1.165, 1.54) is 70.3 Å². The van der Waals surface area contributed by atoms with E-state index in [1.54, 1.807) is 0 Å². The van der Waals surface area contributed by atoms with Crippen molar-refractivity contribution in [3.8, 4) is 0 Å². The third kappa shape index (κ3) is 19.4. The minimum absolute atomic E-state index is 0.270. The molecule has 0 spiro atoms. The zero-order valence-corrected chi connectivity index (χ0v) is 18.7. The van der Waals surface area contributed by atoms with Crippen molar-refractivity contribution in [3.63, 3.8) is 0 Å². The van der Waals surface area contributed by atoms with Crippen molar-refractivity contribution in [1.29, 1.82) is 0 Å². The van der Waals surface area contributed by atoms with Crippen LogP contribution in [0, 0.1) is 0 Å². The van der Waals surface area contributed by atoms with Gasteiger partial charge in [0.15, 0.2) is 6.10 Å². The first-order valence-corrected chi connectivity index (χ1v) is 11.1. The summed E-state index contributed by atoms with van der Waals surface area (Å²) in [4.78, 5) is 22.7. The van der Waals surface area contributed by atoms with Crippen LogP contribution in [0.1, 0.15) is 90.4 Å². The predicted molar refractivity (Wildman–Crippen MR) is 113 cm³/mol. The molecule has 0 rings (SSSR count). The summed E-state index contributed by atoms with van der Waals surface area (Å²) in [5, 5.41) is 10.8. The number of likely N-dealkylation sites (N-methyl/N-ethyl adjacent to an activating group) is 1. The Balaban J connectivity index is 3.77. The molecular formula is C23H43NO4. The number of hydrogen-bond donors (Lipinski definition) is 0. The van der Waals surface area contributed by atoms with E-state index in [4.69, 9.17) is 4.74 Å². The van der Waals surface area contributed by atoms with Crippen molar-refractivity contribution in [2.45, 2.75) is 96.5 Å². The van der Waals surface area contributed by atoms with Gasteiger partial charge in [0.1, 0.15) is 6.54 Å². The molecule has 0 aliphatic carbocycles. The van der Waals surface area contributed by atoms with Gasteiger partial charge < -0.3 is 19.1 Å². The Bertz CT molecular complexity index is 440. The summed E-state index contributed by atoms with van der Waals surface area (Å²) in [6.07, 6.45) is 17.5. The molecule has 0 aromatic carbocycles. The lowest BCUT2D eigenvalue weighted by Gasteiger charge is -2.29. The molecule has 0 saturated heterocycles. The summed E-state index contributed by atoms with van der Waals surface area (Å²) in [6.45, 7) is 2.69. The lowest BCUT2D eigenvalue weighted by molar-refractivity contribution is -0.873. The average molecular weight is 398 g/mol. The van der Waals surface area contributed by atoms with Crippen LogP contribution in [0.4, 0.5) is 0 Å². The zero-order chi connectivity index (χ0) is 21.3. The number of rotatable bonds is 18. The lowest BCUT2D eigenvalue weighted by Crippen LogP contribution is -2.45. The van der Waals surface area contributed by atoms with E-state index < -0.39 is 18.0 Å². The summed E-state index contributed by atoms with van der Waals surface area (Å²) < 4.78 is 5.80. The molecule has 5 heteroatoms. The minimum Gasteiger partial charge on any atom is -0.550 e. The largest absolute Gasteiger partial charge is 0.550 e. The highest BCUT2D eigenvalue weighted by molar-refractivity contribution is 5.82. The smallest absolute Gasteiger partial charge is 0.330 e. The number of ether oxygens (including phenoxy) is 1. The Morgan fingerprint density at radius 3 is 1.86 bits per heavy atom. The molecule has 28 heavy (non-hydrogen) atoms. The normalized spacial score (nSPS) is 13.0. The van der Waals surface area contributed by atoms with E-state index in [-0.39, 0.29) is 6.42 Å². The molecular weight excluding hydrogens is 354 g/mol. The minimum atomic E-state index is -1.20. The highest BCUT2D eigenvalue weighted by Crippen LogP contribution is 2.12. The van der Waals surface area contributed by atoms with Crippen LogP contribution in [0.15, 0.2) is 12.2 Å². The van der Waals surface area contributed by atoms with Crippen LogP contribution in [0.25, 0.3) is 0 Å². The molecule has 0 saturated carbocycles. The lowest BCUT2D eigenvalue weighted by atomic mass is 10.1. The van der Waals surface area contributed by atoms with Crippen molar-refractivity contribution < 1.29 is 23.9 Å². The summed E-state index contributed by atoms with van der Waals surface area (Å²) in [5.74, 6) is -1.67. The van der Waals surface area contributed by atoms with E-state index >= 15 is 0 Å². The Morgan fingerprint density at radius 1 is 0.893 bits per heavy atom. The second kappa shape index (κ2) is 16.6. The number of carbonyl (C=O) groups is 2. The Labute approximate surface area is 172 Å². The fourth-order valence-corrected chi connectivity index (χ4v) is 3.25. The van der Waals surface area contributed by atoms with Gasteiger partial charge in [-0.05, 0) is 12.8 Å². The molecule has 0 aliphatic heterocycles. The average Bonchev–Trinajstić information content (AvgIpc) is 2.56. The summed E-state index contributed by atoms with van der Waals surface area (Å²) in [6, 6.07) is 0. The second-order valence-electron chi connectivity index (χ2n) is 8.83. The van der Waals surface area contributed by atoms with Gasteiger partial charge in [-0.1, -0.05) is 77.2 Å². The SMILES string of the molecule is CCCCCCCCCCCCCC=CC(=O)OC(CC(=O)[O-])C[N+](C)(C)C. The summed E-state index contributed by atoms with van der Waals surface area (Å²) in [5.41, 5.74) is 0. The second-order valence-corrected chi connectivity index (χ2v) is 8.83. The molecule has 0 N–H and O–H groups in total. The number of nitrogens with zero attached hydrogens (tertiary/aromatic N) is 1.